The molecular formula is C20H20BrN3O5S. The molecule has 0 atom stereocenters. The molecule has 1 saturated heterocycles. The van der Waals surface area contributed by atoms with Crippen molar-refractivity contribution in [1.29, 1.82) is 0 Å². The SMILES string of the molecule is O=C(O)c1ccc(/C=N\NC(=O)C2CCN(S(=O)(=O)c3ccc(Br)cc3)CC2)cc1. The Morgan fingerprint density at radius 3 is 2.23 bits per heavy atom. The first kappa shape index (κ1) is 22.1. The highest BCUT2D eigenvalue weighted by Crippen LogP contribution is 2.25. The number of hydrazone groups is 1. The summed E-state index contributed by atoms with van der Waals surface area (Å²) in [6.45, 7) is 0.522. The second-order valence-corrected chi connectivity index (χ2v) is 9.65. The fraction of sp³-hybridized carbons (Fsp3) is 0.250. The summed E-state index contributed by atoms with van der Waals surface area (Å²) in [5, 5.41) is 12.8. The van der Waals surface area contributed by atoms with E-state index < -0.39 is 16.0 Å². The van der Waals surface area contributed by atoms with Crippen LogP contribution in [-0.2, 0) is 14.8 Å². The number of carbonyl (C=O) groups excluding carboxylic acids is 1. The number of halogens is 1. The van der Waals surface area contributed by atoms with Crippen LogP contribution in [0.4, 0.5) is 0 Å². The number of amides is 1. The van der Waals surface area contributed by atoms with Gasteiger partial charge in [-0.05, 0) is 54.8 Å². The number of carbonyl (C=O) groups is 2. The summed E-state index contributed by atoms with van der Waals surface area (Å²) in [7, 11) is -3.58. The minimum atomic E-state index is -3.58. The lowest BCUT2D eigenvalue weighted by molar-refractivity contribution is -0.126. The summed E-state index contributed by atoms with van der Waals surface area (Å²) in [5.74, 6) is -1.61. The average Bonchev–Trinajstić information content (AvgIpc) is 2.74. The maximum atomic E-state index is 12.7. The van der Waals surface area contributed by atoms with Crippen LogP contribution < -0.4 is 5.43 Å². The number of sulfonamides is 1. The van der Waals surface area contributed by atoms with Gasteiger partial charge in [-0.1, -0.05) is 28.1 Å². The minimum absolute atomic E-state index is 0.168. The predicted octanol–water partition coefficient (Wildman–Crippen LogP) is 2.70. The summed E-state index contributed by atoms with van der Waals surface area (Å²) in [4.78, 5) is 23.4. The highest BCUT2D eigenvalue weighted by Gasteiger charge is 2.32. The van der Waals surface area contributed by atoms with E-state index in [1.165, 1.54) is 22.7 Å². The monoisotopic (exact) mass is 493 g/mol. The maximum absolute atomic E-state index is 12.7. The van der Waals surface area contributed by atoms with E-state index >= 15 is 0 Å². The highest BCUT2D eigenvalue weighted by atomic mass is 79.9. The standard InChI is InChI=1S/C20H20BrN3O5S/c21-17-5-7-18(8-6-17)30(28,29)24-11-9-15(10-12-24)19(25)23-22-13-14-1-3-16(4-2-14)20(26)27/h1-8,13,15H,9-12H2,(H,23,25)(H,26,27)/b22-13-. The van der Waals surface area contributed by atoms with Crippen LogP contribution in [0.3, 0.4) is 0 Å². The van der Waals surface area contributed by atoms with Gasteiger partial charge in [0, 0.05) is 23.5 Å². The molecule has 0 unspecified atom stereocenters. The number of benzene rings is 2. The topological polar surface area (TPSA) is 116 Å². The normalized spacial score (nSPS) is 15.9. The second-order valence-electron chi connectivity index (χ2n) is 6.79. The zero-order valence-electron chi connectivity index (χ0n) is 15.9. The van der Waals surface area contributed by atoms with Crippen LogP contribution in [0, 0.1) is 5.92 Å². The van der Waals surface area contributed by atoms with Crippen LogP contribution >= 0.6 is 15.9 Å². The van der Waals surface area contributed by atoms with Crippen molar-refractivity contribution in [3.05, 3.63) is 64.1 Å². The largest absolute Gasteiger partial charge is 0.478 e. The maximum Gasteiger partial charge on any atom is 0.335 e. The van der Waals surface area contributed by atoms with Gasteiger partial charge in [-0.15, -0.1) is 0 Å². The van der Waals surface area contributed by atoms with E-state index in [1.54, 1.807) is 36.4 Å². The first-order valence-corrected chi connectivity index (χ1v) is 11.4. The van der Waals surface area contributed by atoms with E-state index in [1.807, 2.05) is 0 Å². The van der Waals surface area contributed by atoms with Gasteiger partial charge in [-0.3, -0.25) is 4.79 Å². The van der Waals surface area contributed by atoms with Crippen molar-refractivity contribution < 1.29 is 23.1 Å². The Morgan fingerprint density at radius 1 is 1.07 bits per heavy atom. The Morgan fingerprint density at radius 2 is 1.67 bits per heavy atom. The molecule has 0 saturated carbocycles. The van der Waals surface area contributed by atoms with Gasteiger partial charge in [0.25, 0.3) is 0 Å². The molecule has 0 aliphatic carbocycles. The Kier molecular flexibility index (Phi) is 7.01. The van der Waals surface area contributed by atoms with E-state index in [4.69, 9.17) is 5.11 Å². The van der Waals surface area contributed by atoms with E-state index in [0.717, 1.165) is 4.47 Å². The smallest absolute Gasteiger partial charge is 0.335 e. The van der Waals surface area contributed by atoms with Crippen molar-refractivity contribution in [3.8, 4) is 0 Å². The quantitative estimate of drug-likeness (QED) is 0.473. The third-order valence-corrected chi connectivity index (χ3v) is 7.26. The van der Waals surface area contributed by atoms with E-state index in [-0.39, 0.29) is 35.4 Å². The molecule has 3 rings (SSSR count). The molecule has 30 heavy (non-hydrogen) atoms. The van der Waals surface area contributed by atoms with Crippen molar-refractivity contribution in [2.24, 2.45) is 11.0 Å². The van der Waals surface area contributed by atoms with Crippen LogP contribution in [0.2, 0.25) is 0 Å². The Hall–Kier alpha value is -2.56. The molecule has 0 bridgehead atoms. The van der Waals surface area contributed by atoms with Gasteiger partial charge in [0.2, 0.25) is 15.9 Å². The van der Waals surface area contributed by atoms with Crippen molar-refractivity contribution >= 4 is 44.0 Å². The first-order chi connectivity index (χ1) is 14.3. The molecule has 1 aliphatic heterocycles. The van der Waals surface area contributed by atoms with Gasteiger partial charge < -0.3 is 5.11 Å². The van der Waals surface area contributed by atoms with Crippen molar-refractivity contribution in [2.45, 2.75) is 17.7 Å². The van der Waals surface area contributed by atoms with Crippen LogP contribution in [0.25, 0.3) is 0 Å². The second kappa shape index (κ2) is 9.50. The number of carboxylic acid groups (broad SMARTS) is 1. The molecule has 2 N–H and O–H groups in total. The predicted molar refractivity (Wildman–Crippen MR) is 115 cm³/mol. The van der Waals surface area contributed by atoms with Crippen LogP contribution in [0.15, 0.2) is 63.0 Å². The number of carboxylic acids is 1. The first-order valence-electron chi connectivity index (χ1n) is 9.19. The lowest BCUT2D eigenvalue weighted by atomic mass is 9.98. The van der Waals surface area contributed by atoms with Crippen molar-refractivity contribution in [3.63, 3.8) is 0 Å². The molecule has 0 radical (unpaired) electrons. The molecular weight excluding hydrogens is 474 g/mol. The van der Waals surface area contributed by atoms with Gasteiger partial charge in [-0.25, -0.2) is 18.6 Å². The lowest BCUT2D eigenvalue weighted by Gasteiger charge is -2.30. The van der Waals surface area contributed by atoms with Crippen molar-refractivity contribution in [1.82, 2.24) is 9.73 Å². The molecule has 0 aromatic heterocycles. The van der Waals surface area contributed by atoms with Crippen molar-refractivity contribution in [2.75, 3.05) is 13.1 Å². The fourth-order valence-electron chi connectivity index (χ4n) is 3.09. The molecule has 10 heteroatoms. The van der Waals surface area contributed by atoms with Gasteiger partial charge in [0.1, 0.15) is 0 Å². The molecule has 1 heterocycles. The summed E-state index contributed by atoms with van der Waals surface area (Å²) in [5.41, 5.74) is 3.29. The van der Waals surface area contributed by atoms with Gasteiger partial charge in [-0.2, -0.15) is 9.41 Å². The number of piperidine rings is 1. The summed E-state index contributed by atoms with van der Waals surface area (Å²) < 4.78 is 27.6. The molecule has 1 aliphatic rings. The number of nitrogens with one attached hydrogen (secondary N) is 1. The lowest BCUT2D eigenvalue weighted by Crippen LogP contribution is -2.42. The zero-order valence-corrected chi connectivity index (χ0v) is 18.3. The highest BCUT2D eigenvalue weighted by molar-refractivity contribution is 9.10. The number of hydrogen-bond donors (Lipinski definition) is 2. The number of hydrogen-bond acceptors (Lipinski definition) is 5. The molecule has 8 nitrogen and oxygen atoms in total. The van der Waals surface area contributed by atoms with Crippen LogP contribution in [-0.4, -0.2) is 49.0 Å². The number of rotatable bonds is 6. The summed E-state index contributed by atoms with van der Waals surface area (Å²) in [6, 6.07) is 12.5. The number of aromatic carboxylic acids is 1. The van der Waals surface area contributed by atoms with E-state index in [2.05, 4.69) is 26.5 Å². The van der Waals surface area contributed by atoms with Crippen LogP contribution in [0.5, 0.6) is 0 Å². The average molecular weight is 494 g/mol. The molecule has 158 valence electrons. The molecule has 2 aromatic carbocycles. The Labute approximate surface area is 182 Å². The number of nitrogens with zero attached hydrogens (tertiary/aromatic N) is 2. The van der Waals surface area contributed by atoms with Gasteiger partial charge in [0.15, 0.2) is 0 Å². The van der Waals surface area contributed by atoms with Gasteiger partial charge >= 0.3 is 5.97 Å². The van der Waals surface area contributed by atoms with E-state index in [0.29, 0.717) is 18.4 Å². The third kappa shape index (κ3) is 5.32. The molecule has 1 fully saturated rings. The molecule has 0 spiro atoms. The Balaban J connectivity index is 1.52. The zero-order chi connectivity index (χ0) is 21.7. The Bertz CT molecular complexity index is 1040. The third-order valence-electron chi connectivity index (χ3n) is 4.82. The summed E-state index contributed by atoms with van der Waals surface area (Å²) in [6.07, 6.45) is 2.24. The van der Waals surface area contributed by atoms with Crippen LogP contribution in [0.1, 0.15) is 28.8 Å². The summed E-state index contributed by atoms with van der Waals surface area (Å²) >= 11 is 3.29. The minimum Gasteiger partial charge on any atom is -0.478 e. The molecule has 1 amide bonds. The van der Waals surface area contributed by atoms with Gasteiger partial charge in [0.05, 0.1) is 16.7 Å². The fourth-order valence-corrected chi connectivity index (χ4v) is 4.82. The van der Waals surface area contributed by atoms with E-state index in [9.17, 15) is 18.0 Å². The molecule has 2 aromatic rings.